The van der Waals surface area contributed by atoms with Crippen LogP contribution in [0.5, 0.6) is 0 Å². The molecule has 3 N–H and O–H groups in total. The van der Waals surface area contributed by atoms with Crippen molar-refractivity contribution >= 4 is 40.0 Å². The lowest BCUT2D eigenvalue weighted by molar-refractivity contribution is -0.129. The van der Waals surface area contributed by atoms with Gasteiger partial charge < -0.3 is 30.0 Å². The van der Waals surface area contributed by atoms with Crippen LogP contribution in [-0.4, -0.2) is 79.4 Å². The highest BCUT2D eigenvalue weighted by atomic mass is 32.1. The van der Waals surface area contributed by atoms with Crippen molar-refractivity contribution in [2.45, 2.75) is 44.8 Å². The highest BCUT2D eigenvalue weighted by molar-refractivity contribution is 7.18. The van der Waals surface area contributed by atoms with E-state index in [2.05, 4.69) is 30.7 Å². The number of rotatable bonds is 7. The first kappa shape index (κ1) is 26.1. The summed E-state index contributed by atoms with van der Waals surface area (Å²) in [5.41, 5.74) is 0.856. The van der Waals surface area contributed by atoms with Gasteiger partial charge in [-0.15, -0.1) is 10.2 Å². The molecule has 40 heavy (non-hydrogen) atoms. The number of thiazole rings is 1. The Balaban J connectivity index is 1.21. The fraction of sp³-hybridized carbons (Fsp3) is 0.407. The van der Waals surface area contributed by atoms with Crippen LogP contribution < -0.4 is 15.5 Å². The molecule has 1 aliphatic carbocycles. The van der Waals surface area contributed by atoms with Gasteiger partial charge in [0.05, 0.1) is 12.3 Å². The van der Waals surface area contributed by atoms with E-state index in [1.165, 1.54) is 11.3 Å². The lowest BCUT2D eigenvalue weighted by Gasteiger charge is -2.35. The number of hydrogen-bond acceptors (Lipinski definition) is 12. The Morgan fingerprint density at radius 2 is 1.77 bits per heavy atom. The normalized spacial score (nSPS) is 19.4. The summed E-state index contributed by atoms with van der Waals surface area (Å²) in [5, 5.41) is 25.7. The van der Waals surface area contributed by atoms with Crippen molar-refractivity contribution in [3.05, 3.63) is 42.6 Å². The van der Waals surface area contributed by atoms with E-state index in [1.807, 2.05) is 41.3 Å². The molecular weight excluding hydrogens is 530 g/mol. The monoisotopic (exact) mass is 561 g/mol. The molecular formula is C27H31N9O3S. The third-order valence-corrected chi connectivity index (χ3v) is 8.09. The number of carbonyl (C=O) groups excluding carboxylic acids is 1. The number of benzene rings is 1. The molecule has 4 heterocycles. The van der Waals surface area contributed by atoms with Gasteiger partial charge in [0.2, 0.25) is 17.7 Å². The fourth-order valence-electron chi connectivity index (χ4n) is 4.94. The second-order valence-corrected chi connectivity index (χ2v) is 11.0. The summed E-state index contributed by atoms with van der Waals surface area (Å²) < 4.78 is 5.89. The van der Waals surface area contributed by atoms with Crippen LogP contribution in [0.1, 0.15) is 32.6 Å². The first-order chi connectivity index (χ1) is 19.5. The summed E-state index contributed by atoms with van der Waals surface area (Å²) in [7, 11) is 0. The topological polar surface area (TPSA) is 145 Å². The highest BCUT2D eigenvalue weighted by Gasteiger charge is 2.23. The van der Waals surface area contributed by atoms with Gasteiger partial charge in [-0.25, -0.2) is 4.98 Å². The first-order valence-corrected chi connectivity index (χ1v) is 14.3. The van der Waals surface area contributed by atoms with Crippen molar-refractivity contribution in [3.8, 4) is 22.2 Å². The van der Waals surface area contributed by atoms with E-state index in [4.69, 9.17) is 14.4 Å². The molecule has 0 radical (unpaired) electrons. The van der Waals surface area contributed by atoms with Crippen LogP contribution in [0.3, 0.4) is 0 Å². The van der Waals surface area contributed by atoms with Crippen LogP contribution in [-0.2, 0) is 4.79 Å². The van der Waals surface area contributed by atoms with E-state index < -0.39 is 0 Å². The molecule has 1 aliphatic heterocycles. The molecule has 13 heteroatoms. The van der Waals surface area contributed by atoms with Crippen molar-refractivity contribution in [2.75, 3.05) is 41.7 Å². The van der Waals surface area contributed by atoms with Gasteiger partial charge in [0.25, 0.3) is 5.89 Å². The smallest absolute Gasteiger partial charge is 0.259 e. The number of carbonyl (C=O) groups is 1. The summed E-state index contributed by atoms with van der Waals surface area (Å²) in [6, 6.07) is 11.7. The minimum Gasteiger partial charge on any atom is -0.415 e. The largest absolute Gasteiger partial charge is 0.415 e. The molecule has 0 atom stereocenters. The molecule has 4 aromatic rings. The zero-order chi connectivity index (χ0) is 27.5. The van der Waals surface area contributed by atoms with E-state index >= 15 is 0 Å². The summed E-state index contributed by atoms with van der Waals surface area (Å²) >= 11 is 1.39. The average molecular weight is 562 g/mol. The number of aliphatic hydroxyl groups is 1. The number of amides is 1. The molecule has 1 aromatic carbocycles. The molecule has 0 bridgehead atoms. The molecule has 208 valence electrons. The summed E-state index contributed by atoms with van der Waals surface area (Å²) in [6.07, 6.45) is 4.71. The summed E-state index contributed by atoms with van der Waals surface area (Å²) in [4.78, 5) is 30.6. The highest BCUT2D eigenvalue weighted by Crippen LogP contribution is 2.32. The van der Waals surface area contributed by atoms with Crippen molar-refractivity contribution in [2.24, 2.45) is 0 Å². The standard InChI is InChI=1S/C27H31N9O3S/c1-17(37)35-11-13-36(14-12-35)23-15-22(30-26(32-23)29-19-7-9-20(38)10-8-19)31-27-28-16-21(40-27)25-34-33-24(39-25)18-5-3-2-4-6-18/h2-6,15-16,19-20,38H,7-14H2,1H3,(H2,28,29,30,31,32). The maximum Gasteiger partial charge on any atom is 0.259 e. The Morgan fingerprint density at radius 3 is 2.52 bits per heavy atom. The average Bonchev–Trinajstić information content (AvgIpc) is 3.65. The van der Waals surface area contributed by atoms with Gasteiger partial charge in [-0.3, -0.25) is 4.79 Å². The van der Waals surface area contributed by atoms with Gasteiger partial charge in [0.1, 0.15) is 16.5 Å². The Kier molecular flexibility index (Phi) is 7.55. The third kappa shape index (κ3) is 6.05. The third-order valence-electron chi connectivity index (χ3n) is 7.19. The fourth-order valence-corrected chi connectivity index (χ4v) is 5.68. The number of aromatic nitrogens is 5. The van der Waals surface area contributed by atoms with Crippen LogP contribution >= 0.6 is 11.3 Å². The van der Waals surface area contributed by atoms with Gasteiger partial charge in [-0.2, -0.15) is 9.97 Å². The Bertz CT molecular complexity index is 1440. The number of anilines is 4. The van der Waals surface area contributed by atoms with Gasteiger partial charge in [0, 0.05) is 50.8 Å². The second-order valence-electron chi connectivity index (χ2n) is 10.0. The quantitative estimate of drug-likeness (QED) is 0.303. The molecule has 1 saturated heterocycles. The summed E-state index contributed by atoms with van der Waals surface area (Å²) in [6.45, 7) is 4.28. The molecule has 0 unspecified atom stereocenters. The predicted molar refractivity (Wildman–Crippen MR) is 153 cm³/mol. The minimum atomic E-state index is -0.234. The van der Waals surface area contributed by atoms with Crippen LogP contribution in [0.25, 0.3) is 22.2 Å². The van der Waals surface area contributed by atoms with Gasteiger partial charge in [-0.1, -0.05) is 29.5 Å². The molecule has 12 nitrogen and oxygen atoms in total. The van der Waals surface area contributed by atoms with Crippen molar-refractivity contribution in [1.82, 2.24) is 30.0 Å². The van der Waals surface area contributed by atoms with Crippen LogP contribution in [0.4, 0.5) is 22.7 Å². The lowest BCUT2D eigenvalue weighted by Crippen LogP contribution is -2.48. The SMILES string of the molecule is CC(=O)N1CCN(c2cc(Nc3ncc(-c4nnc(-c5ccccc5)o4)s3)nc(NC3CCC(O)CC3)n2)CC1. The number of aliphatic hydroxyl groups excluding tert-OH is 1. The molecule has 2 aliphatic rings. The maximum atomic E-state index is 11.8. The molecule has 1 saturated carbocycles. The Labute approximate surface area is 235 Å². The zero-order valence-electron chi connectivity index (χ0n) is 22.2. The number of nitrogens with zero attached hydrogens (tertiary/aromatic N) is 7. The summed E-state index contributed by atoms with van der Waals surface area (Å²) in [5.74, 6) is 2.85. The lowest BCUT2D eigenvalue weighted by atomic mass is 9.93. The van der Waals surface area contributed by atoms with E-state index in [9.17, 15) is 9.90 Å². The number of piperazine rings is 1. The molecule has 6 rings (SSSR count). The van der Waals surface area contributed by atoms with E-state index in [0.29, 0.717) is 54.9 Å². The van der Waals surface area contributed by atoms with Gasteiger partial charge in [-0.05, 0) is 37.8 Å². The predicted octanol–water partition coefficient (Wildman–Crippen LogP) is 3.78. The van der Waals surface area contributed by atoms with Gasteiger partial charge >= 0.3 is 0 Å². The molecule has 0 spiro atoms. The Hall–Kier alpha value is -4.10. The van der Waals surface area contributed by atoms with E-state index in [0.717, 1.165) is 41.9 Å². The van der Waals surface area contributed by atoms with E-state index in [1.54, 1.807) is 13.1 Å². The maximum absolute atomic E-state index is 11.8. The first-order valence-electron chi connectivity index (χ1n) is 13.5. The number of hydrogen-bond donors (Lipinski definition) is 3. The van der Waals surface area contributed by atoms with Gasteiger partial charge in [0.15, 0.2) is 5.13 Å². The molecule has 3 aromatic heterocycles. The van der Waals surface area contributed by atoms with Crippen molar-refractivity contribution in [3.63, 3.8) is 0 Å². The Morgan fingerprint density at radius 1 is 1.02 bits per heavy atom. The van der Waals surface area contributed by atoms with Crippen molar-refractivity contribution in [1.29, 1.82) is 0 Å². The zero-order valence-corrected chi connectivity index (χ0v) is 23.0. The van der Waals surface area contributed by atoms with Crippen LogP contribution in [0.2, 0.25) is 0 Å². The van der Waals surface area contributed by atoms with Crippen LogP contribution in [0, 0.1) is 0 Å². The molecule has 1 amide bonds. The van der Waals surface area contributed by atoms with Crippen molar-refractivity contribution < 1.29 is 14.3 Å². The van der Waals surface area contributed by atoms with Crippen LogP contribution in [0.15, 0.2) is 47.0 Å². The minimum absolute atomic E-state index is 0.0863. The molecule has 2 fully saturated rings. The second kappa shape index (κ2) is 11.6. The van der Waals surface area contributed by atoms with E-state index in [-0.39, 0.29) is 18.1 Å². The number of nitrogens with one attached hydrogen (secondary N) is 2.